The first-order valence-electron chi connectivity index (χ1n) is 8.57. The number of benzene rings is 3. The maximum absolute atomic E-state index is 13.8. The van der Waals surface area contributed by atoms with Crippen LogP contribution in [0.1, 0.15) is 27.5 Å². The zero-order valence-electron chi connectivity index (χ0n) is 15.1. The van der Waals surface area contributed by atoms with E-state index in [1.807, 2.05) is 30.3 Å². The third kappa shape index (κ3) is 4.15. The van der Waals surface area contributed by atoms with Crippen LogP contribution in [-0.4, -0.2) is 17.9 Å². The topological polar surface area (TPSA) is 84.3 Å². The Morgan fingerprint density at radius 3 is 2.36 bits per heavy atom. The predicted molar refractivity (Wildman–Crippen MR) is 105 cm³/mol. The summed E-state index contributed by atoms with van der Waals surface area (Å²) in [5.41, 5.74) is 1.62. The maximum Gasteiger partial charge on any atom is 0.293 e. The van der Waals surface area contributed by atoms with Gasteiger partial charge in [-0.2, -0.15) is 0 Å². The van der Waals surface area contributed by atoms with Crippen molar-refractivity contribution in [3.8, 4) is 0 Å². The number of carbonyl (C=O) groups is 1. The molecule has 1 atom stereocenters. The van der Waals surface area contributed by atoms with Gasteiger partial charge in [0.15, 0.2) is 0 Å². The van der Waals surface area contributed by atoms with E-state index in [4.69, 9.17) is 0 Å². The van der Waals surface area contributed by atoms with Crippen LogP contribution in [0.3, 0.4) is 0 Å². The molecule has 1 amide bonds. The number of rotatable bonds is 6. The van der Waals surface area contributed by atoms with Gasteiger partial charge in [0.2, 0.25) is 0 Å². The lowest BCUT2D eigenvalue weighted by atomic mass is 9.98. The predicted octanol–water partition coefficient (Wildman–Crippen LogP) is 4.30. The molecule has 0 spiro atoms. The second-order valence-corrected chi connectivity index (χ2v) is 6.11. The van der Waals surface area contributed by atoms with E-state index in [9.17, 15) is 19.3 Å². The standard InChI is InChI=1S/C21H18FN3O3/c1-23-21(26)16-10-11-18(19(13-16)25(27)28)24-20(14-6-3-2-4-7-14)15-8-5-9-17(22)12-15/h2-13,20,24H,1H3,(H,23,26). The zero-order chi connectivity index (χ0) is 20.1. The molecule has 0 aliphatic carbocycles. The first-order valence-corrected chi connectivity index (χ1v) is 8.57. The van der Waals surface area contributed by atoms with E-state index >= 15 is 0 Å². The molecule has 0 aliphatic rings. The van der Waals surface area contributed by atoms with Crippen molar-refractivity contribution in [2.24, 2.45) is 0 Å². The molecule has 7 heteroatoms. The van der Waals surface area contributed by atoms with Gasteiger partial charge < -0.3 is 10.6 Å². The number of nitro groups is 1. The van der Waals surface area contributed by atoms with Crippen LogP contribution in [0.25, 0.3) is 0 Å². The van der Waals surface area contributed by atoms with Gasteiger partial charge in [-0.25, -0.2) is 4.39 Å². The quantitative estimate of drug-likeness (QED) is 0.494. The molecule has 0 saturated heterocycles. The average Bonchev–Trinajstić information content (AvgIpc) is 2.72. The number of nitrogens with one attached hydrogen (secondary N) is 2. The minimum atomic E-state index is -0.553. The molecule has 3 aromatic rings. The smallest absolute Gasteiger partial charge is 0.293 e. The second-order valence-electron chi connectivity index (χ2n) is 6.11. The lowest BCUT2D eigenvalue weighted by Crippen LogP contribution is -2.18. The fourth-order valence-electron chi connectivity index (χ4n) is 2.94. The largest absolute Gasteiger partial charge is 0.369 e. The molecule has 2 N–H and O–H groups in total. The summed E-state index contributed by atoms with van der Waals surface area (Å²) >= 11 is 0. The van der Waals surface area contributed by atoms with Crippen molar-refractivity contribution >= 4 is 17.3 Å². The van der Waals surface area contributed by atoms with Gasteiger partial charge in [0.05, 0.1) is 11.0 Å². The number of amides is 1. The monoisotopic (exact) mass is 379 g/mol. The van der Waals surface area contributed by atoms with E-state index < -0.39 is 22.7 Å². The van der Waals surface area contributed by atoms with Crippen molar-refractivity contribution in [1.29, 1.82) is 0 Å². The van der Waals surface area contributed by atoms with Crippen LogP contribution in [-0.2, 0) is 0 Å². The van der Waals surface area contributed by atoms with Gasteiger partial charge in [-0.3, -0.25) is 14.9 Å². The Kier molecular flexibility index (Phi) is 5.64. The summed E-state index contributed by atoms with van der Waals surface area (Å²) in [4.78, 5) is 22.8. The lowest BCUT2D eigenvalue weighted by molar-refractivity contribution is -0.384. The highest BCUT2D eigenvalue weighted by molar-refractivity contribution is 5.95. The van der Waals surface area contributed by atoms with E-state index in [1.54, 1.807) is 12.1 Å². The third-order valence-corrected chi connectivity index (χ3v) is 4.30. The third-order valence-electron chi connectivity index (χ3n) is 4.30. The summed E-state index contributed by atoms with van der Waals surface area (Å²) in [7, 11) is 1.45. The molecule has 0 heterocycles. The Balaban J connectivity index is 2.06. The Labute approximate surface area is 161 Å². The highest BCUT2D eigenvalue weighted by Crippen LogP contribution is 2.32. The van der Waals surface area contributed by atoms with Crippen molar-refractivity contribution < 1.29 is 14.1 Å². The summed E-state index contributed by atoms with van der Waals surface area (Å²) in [6.45, 7) is 0. The van der Waals surface area contributed by atoms with E-state index in [1.165, 1.54) is 37.4 Å². The summed E-state index contributed by atoms with van der Waals surface area (Å²) in [5.74, 6) is -0.816. The van der Waals surface area contributed by atoms with Crippen LogP contribution < -0.4 is 10.6 Å². The Morgan fingerprint density at radius 1 is 1.00 bits per heavy atom. The fourth-order valence-corrected chi connectivity index (χ4v) is 2.94. The van der Waals surface area contributed by atoms with Gasteiger partial charge in [-0.1, -0.05) is 42.5 Å². The second kappa shape index (κ2) is 8.30. The number of halogens is 1. The number of nitro benzene ring substituents is 1. The molecule has 1 unspecified atom stereocenters. The van der Waals surface area contributed by atoms with E-state index in [-0.39, 0.29) is 16.9 Å². The first kappa shape index (κ1) is 19.0. The van der Waals surface area contributed by atoms with Gasteiger partial charge in [0.25, 0.3) is 11.6 Å². The SMILES string of the molecule is CNC(=O)c1ccc(NC(c2ccccc2)c2cccc(F)c2)c([N+](=O)[O-])c1. The van der Waals surface area contributed by atoms with Crippen molar-refractivity contribution in [1.82, 2.24) is 5.32 Å². The molecular weight excluding hydrogens is 361 g/mol. The molecular formula is C21H18FN3O3. The first-order chi connectivity index (χ1) is 13.5. The van der Waals surface area contributed by atoms with Crippen molar-refractivity contribution in [3.05, 3.63) is 105 Å². The molecule has 3 aromatic carbocycles. The van der Waals surface area contributed by atoms with Crippen molar-refractivity contribution in [2.45, 2.75) is 6.04 Å². The number of hydrogen-bond acceptors (Lipinski definition) is 4. The van der Waals surface area contributed by atoms with Gasteiger partial charge in [-0.05, 0) is 35.4 Å². The van der Waals surface area contributed by atoms with Crippen LogP contribution in [0.5, 0.6) is 0 Å². The molecule has 0 saturated carbocycles. The average molecular weight is 379 g/mol. The minimum Gasteiger partial charge on any atom is -0.369 e. The molecule has 142 valence electrons. The maximum atomic E-state index is 13.8. The van der Waals surface area contributed by atoms with Gasteiger partial charge in [-0.15, -0.1) is 0 Å². The van der Waals surface area contributed by atoms with Crippen molar-refractivity contribution in [2.75, 3.05) is 12.4 Å². The van der Waals surface area contributed by atoms with Crippen LogP contribution in [0.15, 0.2) is 72.8 Å². The summed E-state index contributed by atoms with van der Waals surface area (Å²) in [5, 5.41) is 17.1. The highest BCUT2D eigenvalue weighted by Gasteiger charge is 2.22. The summed E-state index contributed by atoms with van der Waals surface area (Å²) in [6, 6.07) is 19.0. The van der Waals surface area contributed by atoms with Crippen LogP contribution >= 0.6 is 0 Å². The van der Waals surface area contributed by atoms with Crippen molar-refractivity contribution in [3.63, 3.8) is 0 Å². The normalized spacial score (nSPS) is 11.5. The Bertz CT molecular complexity index is 1010. The summed E-state index contributed by atoms with van der Waals surface area (Å²) < 4.78 is 13.8. The number of carbonyl (C=O) groups excluding carboxylic acids is 1. The molecule has 6 nitrogen and oxygen atoms in total. The molecule has 0 bridgehead atoms. The Morgan fingerprint density at radius 2 is 1.71 bits per heavy atom. The van der Waals surface area contributed by atoms with E-state index in [2.05, 4.69) is 10.6 Å². The number of nitrogens with zero attached hydrogens (tertiary/aromatic N) is 1. The van der Waals surface area contributed by atoms with Gasteiger partial charge in [0.1, 0.15) is 11.5 Å². The molecule has 28 heavy (non-hydrogen) atoms. The molecule has 0 fully saturated rings. The lowest BCUT2D eigenvalue weighted by Gasteiger charge is -2.21. The molecule has 3 rings (SSSR count). The number of anilines is 1. The molecule has 0 radical (unpaired) electrons. The summed E-state index contributed by atoms with van der Waals surface area (Å²) in [6.07, 6.45) is 0. The van der Waals surface area contributed by atoms with E-state index in [0.717, 1.165) is 5.56 Å². The zero-order valence-corrected chi connectivity index (χ0v) is 15.1. The Hall–Kier alpha value is -3.74. The van der Waals surface area contributed by atoms with Crippen LogP contribution in [0.4, 0.5) is 15.8 Å². The van der Waals surface area contributed by atoms with Crippen LogP contribution in [0, 0.1) is 15.9 Å². The van der Waals surface area contributed by atoms with Crippen LogP contribution in [0.2, 0.25) is 0 Å². The molecule has 0 aromatic heterocycles. The fraction of sp³-hybridized carbons (Fsp3) is 0.0952. The van der Waals surface area contributed by atoms with Gasteiger partial charge >= 0.3 is 0 Å². The minimum absolute atomic E-state index is 0.182. The molecule has 0 aliphatic heterocycles. The number of hydrogen-bond donors (Lipinski definition) is 2. The van der Waals surface area contributed by atoms with Gasteiger partial charge in [0, 0.05) is 18.7 Å². The highest BCUT2D eigenvalue weighted by atomic mass is 19.1. The van der Waals surface area contributed by atoms with E-state index in [0.29, 0.717) is 5.56 Å².